The van der Waals surface area contributed by atoms with Crippen LogP contribution in [0, 0.1) is 17.3 Å². The van der Waals surface area contributed by atoms with Gasteiger partial charge in [0.2, 0.25) is 0 Å². The van der Waals surface area contributed by atoms with Gasteiger partial charge in [0, 0.05) is 5.92 Å². The average Bonchev–Trinajstić information content (AvgIpc) is 3.02. The Kier molecular flexibility index (Phi) is 3.54. The lowest BCUT2D eigenvalue weighted by Crippen LogP contribution is -2.42. The number of carbonyl (C=O) groups is 3. The molecule has 0 N–H and O–H groups in total. The molecular formula is C14H17IO5. The lowest BCUT2D eigenvalue weighted by molar-refractivity contribution is -0.163. The van der Waals surface area contributed by atoms with Gasteiger partial charge in [0.05, 0.1) is 11.8 Å². The Bertz CT molecular complexity index is 476. The minimum absolute atomic E-state index is 0.0455. The largest absolute Gasteiger partial charge is 0.461 e. The number of fused-ring (bicyclic) bond motifs is 3. The Morgan fingerprint density at radius 3 is 2.80 bits per heavy atom. The summed E-state index contributed by atoms with van der Waals surface area (Å²) in [5, 5.41) is 0. The van der Waals surface area contributed by atoms with Crippen LogP contribution in [0.3, 0.4) is 0 Å². The van der Waals surface area contributed by atoms with Crippen molar-refractivity contribution in [3.8, 4) is 0 Å². The Labute approximate surface area is 130 Å². The van der Waals surface area contributed by atoms with Crippen LogP contribution in [0.4, 0.5) is 0 Å². The van der Waals surface area contributed by atoms with Crippen molar-refractivity contribution in [3.63, 3.8) is 0 Å². The van der Waals surface area contributed by atoms with E-state index < -0.39 is 17.4 Å². The molecule has 3 fully saturated rings. The highest BCUT2D eigenvalue weighted by atomic mass is 127. The first-order chi connectivity index (χ1) is 9.46. The van der Waals surface area contributed by atoms with Gasteiger partial charge in [-0.25, -0.2) is 0 Å². The Morgan fingerprint density at radius 2 is 2.25 bits per heavy atom. The summed E-state index contributed by atoms with van der Waals surface area (Å²) in [5.74, 6) is -0.731. The van der Waals surface area contributed by atoms with Crippen molar-refractivity contribution in [3.05, 3.63) is 0 Å². The number of halogens is 1. The molecule has 5 atom stereocenters. The van der Waals surface area contributed by atoms with Gasteiger partial charge in [0.25, 0.3) is 0 Å². The highest BCUT2D eigenvalue weighted by Gasteiger charge is 2.65. The average molecular weight is 392 g/mol. The quantitative estimate of drug-likeness (QED) is 0.318. The minimum Gasteiger partial charge on any atom is -0.461 e. The maximum atomic E-state index is 12.0. The van der Waals surface area contributed by atoms with E-state index in [9.17, 15) is 14.4 Å². The monoisotopic (exact) mass is 392 g/mol. The molecule has 2 bridgehead atoms. The van der Waals surface area contributed by atoms with Crippen LogP contribution in [0.15, 0.2) is 0 Å². The predicted molar refractivity (Wildman–Crippen MR) is 77.0 cm³/mol. The smallest absolute Gasteiger partial charge is 0.320 e. The third kappa shape index (κ3) is 2.07. The summed E-state index contributed by atoms with van der Waals surface area (Å²) in [6.45, 7) is 1.94. The summed E-state index contributed by atoms with van der Waals surface area (Å²) < 4.78 is 10.2. The minimum atomic E-state index is -0.710. The summed E-state index contributed by atoms with van der Waals surface area (Å²) in [7, 11) is 0. The summed E-state index contributed by atoms with van der Waals surface area (Å²) in [6.07, 6.45) is 3.03. The van der Waals surface area contributed by atoms with E-state index in [0.29, 0.717) is 12.3 Å². The molecule has 1 saturated heterocycles. The first kappa shape index (κ1) is 14.3. The van der Waals surface area contributed by atoms with E-state index in [2.05, 4.69) is 22.6 Å². The summed E-state index contributed by atoms with van der Waals surface area (Å²) in [6, 6.07) is 0. The third-order valence-corrected chi connectivity index (χ3v) is 6.31. The van der Waals surface area contributed by atoms with Crippen LogP contribution in [0.5, 0.6) is 0 Å². The number of cyclic esters (lactones) is 2. The van der Waals surface area contributed by atoms with Gasteiger partial charge in [-0.1, -0.05) is 29.5 Å². The van der Waals surface area contributed by atoms with Gasteiger partial charge in [0.1, 0.15) is 10.0 Å². The van der Waals surface area contributed by atoms with Crippen LogP contribution in [0.1, 0.15) is 39.0 Å². The molecule has 6 heteroatoms. The van der Waals surface area contributed by atoms with E-state index in [-0.39, 0.29) is 28.3 Å². The molecule has 0 aromatic heterocycles. The zero-order chi connectivity index (χ0) is 14.5. The second-order valence-electron chi connectivity index (χ2n) is 6.09. The van der Waals surface area contributed by atoms with E-state index in [1.807, 2.05) is 6.92 Å². The van der Waals surface area contributed by atoms with Gasteiger partial charge in [0.15, 0.2) is 0 Å². The van der Waals surface area contributed by atoms with Crippen molar-refractivity contribution in [1.29, 1.82) is 0 Å². The molecule has 1 heterocycles. The number of esters is 3. The molecule has 1 aliphatic heterocycles. The van der Waals surface area contributed by atoms with E-state index in [0.717, 1.165) is 19.3 Å². The zero-order valence-corrected chi connectivity index (χ0v) is 13.4. The number of carbonyl (C=O) groups excluding carboxylic acids is 3. The predicted octanol–water partition coefficient (Wildman–Crippen LogP) is 2.00. The van der Waals surface area contributed by atoms with Crippen LogP contribution in [-0.2, 0) is 23.9 Å². The second kappa shape index (κ2) is 4.96. The number of hydrogen-bond donors (Lipinski definition) is 0. The summed E-state index contributed by atoms with van der Waals surface area (Å²) in [4.78, 5) is 35.4. The molecule has 1 spiro atoms. The van der Waals surface area contributed by atoms with Crippen molar-refractivity contribution in [2.24, 2.45) is 17.3 Å². The summed E-state index contributed by atoms with van der Waals surface area (Å²) in [5.41, 5.74) is -0.710. The van der Waals surface area contributed by atoms with Crippen molar-refractivity contribution < 1.29 is 23.9 Å². The van der Waals surface area contributed by atoms with Gasteiger partial charge in [-0.05, 0) is 31.6 Å². The van der Waals surface area contributed by atoms with Gasteiger partial charge in [-0.3, -0.25) is 14.4 Å². The Balaban J connectivity index is 1.75. The second-order valence-corrected chi connectivity index (χ2v) is 7.60. The molecular weight excluding hydrogens is 375 g/mol. The zero-order valence-electron chi connectivity index (χ0n) is 11.3. The fraction of sp³-hybridized carbons (Fsp3) is 0.786. The Hall–Kier alpha value is -0.660. The summed E-state index contributed by atoms with van der Waals surface area (Å²) >= 11 is 2.08. The molecule has 2 aliphatic carbocycles. The highest BCUT2D eigenvalue weighted by molar-refractivity contribution is 14.1. The van der Waals surface area contributed by atoms with Gasteiger partial charge in [-0.2, -0.15) is 0 Å². The molecule has 0 radical (unpaired) electrons. The van der Waals surface area contributed by atoms with Crippen LogP contribution < -0.4 is 0 Å². The lowest BCUT2D eigenvalue weighted by atomic mass is 9.71. The van der Waals surface area contributed by atoms with E-state index in [4.69, 9.17) is 9.47 Å². The van der Waals surface area contributed by atoms with Crippen molar-refractivity contribution in [1.82, 2.24) is 0 Å². The Morgan fingerprint density at radius 1 is 1.50 bits per heavy atom. The number of ether oxygens (including phenoxy) is 2. The van der Waals surface area contributed by atoms with E-state index >= 15 is 0 Å². The fourth-order valence-electron chi connectivity index (χ4n) is 4.04. The highest BCUT2D eigenvalue weighted by Crippen LogP contribution is 2.60. The first-order valence-electron chi connectivity index (χ1n) is 7.06. The maximum Gasteiger partial charge on any atom is 0.320 e. The molecule has 0 amide bonds. The molecule has 3 aliphatic rings. The maximum absolute atomic E-state index is 12.0. The van der Waals surface area contributed by atoms with Crippen LogP contribution in [0.2, 0.25) is 0 Å². The normalized spacial score (nSPS) is 40.2. The van der Waals surface area contributed by atoms with Gasteiger partial charge in [-0.15, -0.1) is 0 Å². The lowest BCUT2D eigenvalue weighted by Gasteiger charge is -2.34. The van der Waals surface area contributed by atoms with Crippen molar-refractivity contribution in [2.45, 2.75) is 49.1 Å². The molecule has 0 aromatic rings. The number of alkyl halides is 1. The molecule has 2 saturated carbocycles. The SMILES string of the molecule is CCC(I)C(=O)OC1CC2CC1C1(CC(=O)OC1=O)C2. The van der Waals surface area contributed by atoms with Crippen molar-refractivity contribution >= 4 is 40.5 Å². The number of rotatable bonds is 3. The molecule has 5 unspecified atom stereocenters. The van der Waals surface area contributed by atoms with Crippen LogP contribution >= 0.6 is 22.6 Å². The molecule has 20 heavy (non-hydrogen) atoms. The molecule has 110 valence electrons. The van der Waals surface area contributed by atoms with E-state index in [1.165, 1.54) is 0 Å². The van der Waals surface area contributed by atoms with E-state index in [1.54, 1.807) is 0 Å². The fourth-order valence-corrected chi connectivity index (χ4v) is 4.19. The standard InChI is InChI=1S/C14H17IO5/c1-2-9(15)12(17)19-10-4-7-3-8(10)14(5-7)6-11(16)20-13(14)18/h7-10H,2-6H2,1H3. The molecule has 3 rings (SSSR count). The third-order valence-electron chi connectivity index (χ3n) is 4.92. The van der Waals surface area contributed by atoms with Gasteiger partial charge >= 0.3 is 17.9 Å². The van der Waals surface area contributed by atoms with Crippen molar-refractivity contribution in [2.75, 3.05) is 0 Å². The van der Waals surface area contributed by atoms with Crippen LogP contribution in [-0.4, -0.2) is 27.9 Å². The van der Waals surface area contributed by atoms with Crippen LogP contribution in [0.25, 0.3) is 0 Å². The topological polar surface area (TPSA) is 69.7 Å². The van der Waals surface area contributed by atoms with Gasteiger partial charge < -0.3 is 9.47 Å². The first-order valence-corrected chi connectivity index (χ1v) is 8.30. The molecule has 5 nitrogen and oxygen atoms in total. The number of hydrogen-bond acceptors (Lipinski definition) is 5. The molecule has 0 aromatic carbocycles.